The predicted molar refractivity (Wildman–Crippen MR) is 154 cm³/mol. The number of nitrogens with one attached hydrogen (secondary N) is 1. The number of hydrogen-bond acceptors (Lipinski definition) is 5. The molecular formula is C26H21Cl4N3O4S. The van der Waals surface area contributed by atoms with Crippen LogP contribution in [0.15, 0.2) is 59.5 Å². The number of thioether (sulfide) groups is 1. The van der Waals surface area contributed by atoms with Crippen LogP contribution in [0.3, 0.4) is 0 Å². The monoisotopic (exact) mass is 611 g/mol. The van der Waals surface area contributed by atoms with Crippen LogP contribution in [-0.4, -0.2) is 59.7 Å². The molecule has 0 aromatic heterocycles. The summed E-state index contributed by atoms with van der Waals surface area (Å²) in [6.45, 7) is 2.82. The summed E-state index contributed by atoms with van der Waals surface area (Å²) in [5.41, 5.74) is 0.569. The summed E-state index contributed by atoms with van der Waals surface area (Å²) in [6.07, 6.45) is 0. The summed E-state index contributed by atoms with van der Waals surface area (Å²) in [7, 11) is 0. The van der Waals surface area contributed by atoms with Crippen LogP contribution in [0.2, 0.25) is 20.1 Å². The van der Waals surface area contributed by atoms with Crippen LogP contribution in [0, 0.1) is 0 Å². The van der Waals surface area contributed by atoms with E-state index < -0.39 is 23.0 Å². The lowest BCUT2D eigenvalue weighted by Crippen LogP contribution is -2.49. The number of nitrogens with zero attached hydrogens (tertiary/aromatic N) is 2. The average molecular weight is 613 g/mol. The van der Waals surface area contributed by atoms with E-state index in [0.717, 1.165) is 23.7 Å². The number of aromatic carboxylic acids is 1. The largest absolute Gasteiger partial charge is 0.478 e. The van der Waals surface area contributed by atoms with Gasteiger partial charge in [-0.1, -0.05) is 70.7 Å². The van der Waals surface area contributed by atoms with Crippen LogP contribution in [0.25, 0.3) is 0 Å². The van der Waals surface area contributed by atoms with E-state index in [0.29, 0.717) is 18.8 Å². The summed E-state index contributed by atoms with van der Waals surface area (Å²) in [5, 5.41) is 11.0. The zero-order valence-corrected chi connectivity index (χ0v) is 23.6. The fraction of sp³-hybridized carbons (Fsp3) is 0.192. The molecule has 4 rings (SSSR count). The molecule has 0 radical (unpaired) electrons. The molecule has 1 aliphatic rings. The lowest BCUT2D eigenvalue weighted by atomic mass is 10.1. The van der Waals surface area contributed by atoms with Gasteiger partial charge < -0.3 is 20.2 Å². The predicted octanol–water partition coefficient (Wildman–Crippen LogP) is 6.69. The molecule has 0 atom stereocenters. The van der Waals surface area contributed by atoms with Gasteiger partial charge in [-0.05, 0) is 30.3 Å². The fourth-order valence-corrected chi connectivity index (χ4v) is 5.87. The van der Waals surface area contributed by atoms with Gasteiger partial charge in [0.1, 0.15) is 0 Å². The van der Waals surface area contributed by atoms with Gasteiger partial charge in [-0.2, -0.15) is 0 Å². The van der Waals surface area contributed by atoms with E-state index in [2.05, 4.69) is 22.3 Å². The Labute approximate surface area is 243 Å². The maximum atomic E-state index is 13.0. The van der Waals surface area contributed by atoms with Gasteiger partial charge in [0.15, 0.2) is 0 Å². The van der Waals surface area contributed by atoms with Gasteiger partial charge in [0.05, 0.1) is 37.0 Å². The molecule has 0 aliphatic carbocycles. The lowest BCUT2D eigenvalue weighted by molar-refractivity contribution is -0.128. The van der Waals surface area contributed by atoms with E-state index >= 15 is 0 Å². The maximum absolute atomic E-state index is 13.0. The van der Waals surface area contributed by atoms with E-state index in [1.165, 1.54) is 11.8 Å². The molecule has 0 bridgehead atoms. The Bertz CT molecular complexity index is 1380. The smallest absolute Gasteiger partial charge is 0.338 e. The molecule has 3 aromatic rings. The van der Waals surface area contributed by atoms with Crippen molar-refractivity contribution in [3.8, 4) is 0 Å². The van der Waals surface area contributed by atoms with Crippen LogP contribution in [0.5, 0.6) is 0 Å². The Hall–Kier alpha value is -2.62. The molecule has 0 unspecified atom stereocenters. The summed E-state index contributed by atoms with van der Waals surface area (Å²) in [4.78, 5) is 42.4. The minimum absolute atomic E-state index is 0.0282. The van der Waals surface area contributed by atoms with Gasteiger partial charge in [-0.15, -0.1) is 11.8 Å². The van der Waals surface area contributed by atoms with Crippen molar-refractivity contribution in [2.45, 2.75) is 4.90 Å². The van der Waals surface area contributed by atoms with Gasteiger partial charge in [-0.25, -0.2) is 4.79 Å². The summed E-state index contributed by atoms with van der Waals surface area (Å²) >= 11 is 25.6. The third kappa shape index (κ3) is 6.33. The second-order valence-electron chi connectivity index (χ2n) is 8.29. The number of rotatable bonds is 7. The van der Waals surface area contributed by atoms with Crippen molar-refractivity contribution >= 4 is 87.3 Å². The normalized spacial score (nSPS) is 13.4. The molecule has 38 heavy (non-hydrogen) atoms. The zero-order chi connectivity index (χ0) is 27.4. The number of carbonyl (C=O) groups excluding carboxylic acids is 2. The number of piperazine rings is 1. The third-order valence-electron chi connectivity index (χ3n) is 5.92. The van der Waals surface area contributed by atoms with Crippen LogP contribution in [-0.2, 0) is 4.79 Å². The molecule has 198 valence electrons. The molecule has 2 amide bonds. The third-order valence-corrected chi connectivity index (χ3v) is 8.70. The van der Waals surface area contributed by atoms with Crippen LogP contribution in [0.1, 0.15) is 20.7 Å². The Morgan fingerprint density at radius 2 is 1.45 bits per heavy atom. The van der Waals surface area contributed by atoms with Crippen molar-refractivity contribution < 1.29 is 19.5 Å². The van der Waals surface area contributed by atoms with Gasteiger partial charge >= 0.3 is 5.97 Å². The van der Waals surface area contributed by atoms with Crippen molar-refractivity contribution in [1.82, 2.24) is 4.90 Å². The molecule has 7 nitrogen and oxygen atoms in total. The summed E-state index contributed by atoms with van der Waals surface area (Å²) in [5.74, 6) is -2.03. The van der Waals surface area contributed by atoms with Gasteiger partial charge in [0.2, 0.25) is 5.91 Å². The van der Waals surface area contributed by atoms with E-state index in [1.807, 2.05) is 29.2 Å². The Kier molecular flexibility index (Phi) is 9.33. The molecule has 1 heterocycles. The van der Waals surface area contributed by atoms with Crippen molar-refractivity contribution in [3.63, 3.8) is 0 Å². The number of anilines is 2. The Balaban J connectivity index is 1.39. The standard InChI is InChI=1S/C26H21Cl4N3O4S/c27-21-19(20(26(36)37)22(28)24(30)23(21)29)25(35)31-15-5-4-8-17(13-15)38-14-18(34)33-11-9-32(10-12-33)16-6-2-1-3-7-16/h1-8,13H,9-12,14H2,(H,31,35)(H,36,37). The first-order chi connectivity index (χ1) is 18.2. The highest BCUT2D eigenvalue weighted by Gasteiger charge is 2.29. The fourth-order valence-electron chi connectivity index (χ4n) is 3.99. The molecule has 1 saturated heterocycles. The molecule has 0 saturated carbocycles. The summed E-state index contributed by atoms with van der Waals surface area (Å²) < 4.78 is 0. The number of para-hydroxylation sites is 1. The van der Waals surface area contributed by atoms with E-state index in [1.54, 1.807) is 18.2 Å². The molecule has 3 aromatic carbocycles. The highest BCUT2D eigenvalue weighted by Crippen LogP contribution is 2.42. The maximum Gasteiger partial charge on any atom is 0.338 e. The minimum atomic E-state index is -1.48. The van der Waals surface area contributed by atoms with Crippen molar-refractivity contribution in [3.05, 3.63) is 85.8 Å². The Morgan fingerprint density at radius 3 is 2.08 bits per heavy atom. The van der Waals surface area contributed by atoms with Gasteiger partial charge in [0.25, 0.3) is 5.91 Å². The molecule has 1 aliphatic heterocycles. The number of amides is 2. The van der Waals surface area contributed by atoms with Crippen molar-refractivity contribution in [2.24, 2.45) is 0 Å². The number of carboxylic acid groups (broad SMARTS) is 1. The van der Waals surface area contributed by atoms with E-state index in [9.17, 15) is 19.5 Å². The molecular weight excluding hydrogens is 592 g/mol. The number of halogens is 4. The SMILES string of the molecule is O=C(O)c1c(Cl)c(Cl)c(Cl)c(Cl)c1C(=O)Nc1cccc(SCC(=O)N2CCN(c3ccccc3)CC2)c1. The first-order valence-corrected chi connectivity index (χ1v) is 13.9. The number of carboxylic acids is 1. The molecule has 12 heteroatoms. The van der Waals surface area contributed by atoms with Crippen LogP contribution >= 0.6 is 58.2 Å². The average Bonchev–Trinajstić information content (AvgIpc) is 2.93. The number of benzene rings is 3. The Morgan fingerprint density at radius 1 is 0.816 bits per heavy atom. The molecule has 1 fully saturated rings. The lowest BCUT2D eigenvalue weighted by Gasteiger charge is -2.36. The van der Waals surface area contributed by atoms with Gasteiger partial charge in [-0.3, -0.25) is 9.59 Å². The van der Waals surface area contributed by atoms with Crippen molar-refractivity contribution in [2.75, 3.05) is 42.1 Å². The van der Waals surface area contributed by atoms with Crippen LogP contribution < -0.4 is 10.2 Å². The quantitative estimate of drug-likeness (QED) is 0.175. The first-order valence-electron chi connectivity index (χ1n) is 11.4. The highest BCUT2D eigenvalue weighted by molar-refractivity contribution is 8.00. The van der Waals surface area contributed by atoms with E-state index in [4.69, 9.17) is 46.4 Å². The second kappa shape index (κ2) is 12.5. The van der Waals surface area contributed by atoms with Gasteiger partial charge in [0, 0.05) is 42.4 Å². The number of carbonyl (C=O) groups is 3. The van der Waals surface area contributed by atoms with Crippen LogP contribution in [0.4, 0.5) is 11.4 Å². The van der Waals surface area contributed by atoms with E-state index in [-0.39, 0.29) is 31.8 Å². The summed E-state index contributed by atoms with van der Waals surface area (Å²) in [6, 6.07) is 16.9. The second-order valence-corrected chi connectivity index (χ2v) is 10.8. The number of hydrogen-bond donors (Lipinski definition) is 2. The first kappa shape index (κ1) is 28.4. The minimum Gasteiger partial charge on any atom is -0.478 e. The molecule has 0 spiro atoms. The molecule has 2 N–H and O–H groups in total. The topological polar surface area (TPSA) is 89.9 Å². The zero-order valence-electron chi connectivity index (χ0n) is 19.7. The van der Waals surface area contributed by atoms with Crippen molar-refractivity contribution in [1.29, 1.82) is 0 Å². The highest BCUT2D eigenvalue weighted by atomic mass is 35.5.